The van der Waals surface area contributed by atoms with E-state index in [1.165, 1.54) is 25.1 Å². The molecule has 0 bridgehead atoms. The van der Waals surface area contributed by atoms with Crippen LogP contribution in [0.2, 0.25) is 10.0 Å². The number of aliphatic carboxylic acids is 1. The Morgan fingerprint density at radius 3 is 2.25 bits per heavy atom. The minimum Gasteiger partial charge on any atom is -0.481 e. The molecule has 1 aromatic carbocycles. The molecule has 0 spiro atoms. The zero-order chi connectivity index (χ0) is 15.1. The lowest BCUT2D eigenvalue weighted by molar-refractivity contribution is -0.148. The molecule has 5 nitrogen and oxygen atoms in total. The summed E-state index contributed by atoms with van der Waals surface area (Å²) in [4.78, 5) is 23.4. The average molecular weight is 318 g/mol. The third kappa shape index (κ3) is 2.26. The van der Waals surface area contributed by atoms with Crippen LogP contribution in [0.5, 0.6) is 0 Å². The normalized spacial score (nSPS) is 28.0. The molecule has 1 aliphatic carbocycles. The third-order valence-corrected chi connectivity index (χ3v) is 4.32. The first-order valence-corrected chi connectivity index (χ1v) is 6.62. The van der Waals surface area contributed by atoms with E-state index in [4.69, 9.17) is 28.3 Å². The molecule has 108 valence electrons. The number of hydrogen-bond donors (Lipinski definition) is 3. The highest BCUT2D eigenvalue weighted by atomic mass is 35.5. The number of carbonyl (C=O) groups excluding carboxylic acids is 1. The molecular formula is C13H13Cl2NO4. The Morgan fingerprint density at radius 1 is 1.30 bits per heavy atom. The highest BCUT2D eigenvalue weighted by Crippen LogP contribution is 2.64. The van der Waals surface area contributed by atoms with Gasteiger partial charge in [0.15, 0.2) is 0 Å². The highest BCUT2D eigenvalue weighted by molar-refractivity contribution is 6.35. The largest absolute Gasteiger partial charge is 0.481 e. The van der Waals surface area contributed by atoms with Crippen molar-refractivity contribution in [1.82, 2.24) is 0 Å². The molecule has 0 aromatic heterocycles. The van der Waals surface area contributed by atoms with E-state index >= 15 is 0 Å². The van der Waals surface area contributed by atoms with Gasteiger partial charge in [-0.15, -0.1) is 0 Å². The Kier molecular flexibility index (Phi) is 3.71. The highest BCUT2D eigenvalue weighted by Gasteiger charge is 2.73. The SMILES string of the molecule is CC1(C(=O)Nc2cc(Cl)cc(Cl)c2)CC1(CO)C(=O)O. The number of rotatable bonds is 4. The number of carboxylic acid groups (broad SMARTS) is 1. The third-order valence-electron chi connectivity index (χ3n) is 3.89. The van der Waals surface area contributed by atoms with Crippen LogP contribution in [-0.4, -0.2) is 28.7 Å². The van der Waals surface area contributed by atoms with Gasteiger partial charge in [0.25, 0.3) is 0 Å². The van der Waals surface area contributed by atoms with E-state index in [2.05, 4.69) is 5.32 Å². The predicted octanol–water partition coefficient (Wildman–Crippen LogP) is 2.41. The Balaban J connectivity index is 2.20. The van der Waals surface area contributed by atoms with Gasteiger partial charge in [-0.2, -0.15) is 0 Å². The van der Waals surface area contributed by atoms with Crippen LogP contribution in [0.3, 0.4) is 0 Å². The lowest BCUT2D eigenvalue weighted by Gasteiger charge is -2.17. The first kappa shape index (κ1) is 15.1. The predicted molar refractivity (Wildman–Crippen MR) is 75.0 cm³/mol. The second-order valence-electron chi connectivity index (χ2n) is 5.17. The molecule has 1 amide bonds. The van der Waals surface area contributed by atoms with Gasteiger partial charge in [0.1, 0.15) is 5.41 Å². The van der Waals surface area contributed by atoms with Crippen molar-refractivity contribution in [3.8, 4) is 0 Å². The average Bonchev–Trinajstić information content (AvgIpc) is 2.97. The summed E-state index contributed by atoms with van der Waals surface area (Å²) >= 11 is 11.7. The van der Waals surface area contributed by atoms with Crippen LogP contribution in [-0.2, 0) is 9.59 Å². The molecule has 0 saturated heterocycles. The maximum absolute atomic E-state index is 12.2. The maximum atomic E-state index is 12.2. The number of anilines is 1. The van der Waals surface area contributed by atoms with Crippen LogP contribution in [0, 0.1) is 10.8 Å². The molecule has 0 radical (unpaired) electrons. The number of halogens is 2. The van der Waals surface area contributed by atoms with Crippen LogP contribution in [0.15, 0.2) is 18.2 Å². The van der Waals surface area contributed by atoms with Gasteiger partial charge >= 0.3 is 5.97 Å². The van der Waals surface area contributed by atoms with Crippen LogP contribution < -0.4 is 5.32 Å². The molecule has 1 aliphatic rings. The summed E-state index contributed by atoms with van der Waals surface area (Å²) in [5.74, 6) is -1.66. The van der Waals surface area contributed by atoms with Crippen molar-refractivity contribution in [3.05, 3.63) is 28.2 Å². The van der Waals surface area contributed by atoms with Gasteiger partial charge in [0.05, 0.1) is 12.0 Å². The van der Waals surface area contributed by atoms with E-state index in [-0.39, 0.29) is 6.42 Å². The van der Waals surface area contributed by atoms with Crippen molar-refractivity contribution in [2.75, 3.05) is 11.9 Å². The second kappa shape index (κ2) is 4.91. The Morgan fingerprint density at radius 2 is 1.85 bits per heavy atom. The molecule has 2 atom stereocenters. The van der Waals surface area contributed by atoms with Gasteiger partial charge < -0.3 is 15.5 Å². The van der Waals surface area contributed by atoms with Gasteiger partial charge in [0.2, 0.25) is 5.91 Å². The van der Waals surface area contributed by atoms with Crippen LogP contribution in [0.25, 0.3) is 0 Å². The van der Waals surface area contributed by atoms with E-state index in [1.54, 1.807) is 0 Å². The molecule has 0 aliphatic heterocycles. The van der Waals surface area contributed by atoms with Gasteiger partial charge in [-0.1, -0.05) is 23.2 Å². The van der Waals surface area contributed by atoms with Crippen molar-refractivity contribution in [3.63, 3.8) is 0 Å². The summed E-state index contributed by atoms with van der Waals surface area (Å²) in [6.45, 7) is 0.932. The molecular weight excluding hydrogens is 305 g/mol. The lowest BCUT2D eigenvalue weighted by atomic mass is 9.94. The Labute approximate surface area is 125 Å². The van der Waals surface area contributed by atoms with Gasteiger partial charge in [-0.25, -0.2) is 0 Å². The van der Waals surface area contributed by atoms with Crippen molar-refractivity contribution >= 4 is 40.8 Å². The zero-order valence-electron chi connectivity index (χ0n) is 10.6. The summed E-state index contributed by atoms with van der Waals surface area (Å²) in [6, 6.07) is 4.55. The zero-order valence-corrected chi connectivity index (χ0v) is 12.1. The summed E-state index contributed by atoms with van der Waals surface area (Å²) in [5, 5.41) is 21.7. The quantitative estimate of drug-likeness (QED) is 0.795. The number of amides is 1. The van der Waals surface area contributed by atoms with E-state index in [1.807, 2.05) is 0 Å². The number of aliphatic hydroxyl groups excluding tert-OH is 1. The summed E-state index contributed by atoms with van der Waals surface area (Å²) in [7, 11) is 0. The molecule has 2 unspecified atom stereocenters. The van der Waals surface area contributed by atoms with Crippen LogP contribution in [0.1, 0.15) is 13.3 Å². The molecule has 1 fully saturated rings. The number of nitrogens with one attached hydrogen (secondary N) is 1. The molecule has 0 heterocycles. The molecule has 20 heavy (non-hydrogen) atoms. The summed E-state index contributed by atoms with van der Waals surface area (Å²) in [6.07, 6.45) is 0.0893. The fourth-order valence-corrected chi connectivity index (χ4v) is 2.89. The standard InChI is InChI=1S/C13H13Cl2NO4/c1-12(5-13(12,6-17)11(19)20)10(18)16-9-3-7(14)2-8(15)4-9/h2-4,17H,5-6H2,1H3,(H,16,18)(H,19,20). The molecule has 2 rings (SSSR count). The number of aliphatic hydroxyl groups is 1. The van der Waals surface area contributed by atoms with Crippen molar-refractivity contribution in [1.29, 1.82) is 0 Å². The first-order chi connectivity index (χ1) is 9.25. The Bertz CT molecular complexity index is 571. The minimum atomic E-state index is -1.42. The van der Waals surface area contributed by atoms with E-state index in [0.29, 0.717) is 15.7 Å². The van der Waals surface area contributed by atoms with Crippen LogP contribution >= 0.6 is 23.2 Å². The van der Waals surface area contributed by atoms with Crippen molar-refractivity contribution in [2.24, 2.45) is 10.8 Å². The fraction of sp³-hybridized carbons (Fsp3) is 0.385. The number of benzene rings is 1. The number of carboxylic acids is 1. The monoisotopic (exact) mass is 317 g/mol. The Hall–Kier alpha value is -1.30. The number of hydrogen-bond acceptors (Lipinski definition) is 3. The topological polar surface area (TPSA) is 86.6 Å². The first-order valence-electron chi connectivity index (χ1n) is 5.87. The van der Waals surface area contributed by atoms with Crippen molar-refractivity contribution < 1.29 is 19.8 Å². The maximum Gasteiger partial charge on any atom is 0.313 e. The lowest BCUT2D eigenvalue weighted by Crippen LogP contribution is -2.34. The second-order valence-corrected chi connectivity index (χ2v) is 6.04. The van der Waals surface area contributed by atoms with Gasteiger partial charge in [-0.3, -0.25) is 9.59 Å². The summed E-state index contributed by atoms with van der Waals surface area (Å²) < 4.78 is 0. The number of carbonyl (C=O) groups is 2. The van der Waals surface area contributed by atoms with Crippen LogP contribution in [0.4, 0.5) is 5.69 Å². The minimum absolute atomic E-state index is 0.0893. The fourth-order valence-electron chi connectivity index (χ4n) is 2.36. The molecule has 7 heteroatoms. The molecule has 3 N–H and O–H groups in total. The van der Waals surface area contributed by atoms with E-state index < -0.39 is 29.3 Å². The van der Waals surface area contributed by atoms with Gasteiger partial charge in [0, 0.05) is 15.7 Å². The van der Waals surface area contributed by atoms with Gasteiger partial charge in [-0.05, 0) is 31.5 Å². The molecule has 1 saturated carbocycles. The smallest absolute Gasteiger partial charge is 0.313 e. The van der Waals surface area contributed by atoms with E-state index in [0.717, 1.165) is 0 Å². The van der Waals surface area contributed by atoms with Crippen molar-refractivity contribution in [2.45, 2.75) is 13.3 Å². The summed E-state index contributed by atoms with van der Waals surface area (Å²) in [5.41, 5.74) is -2.18. The molecule has 1 aromatic rings. The van der Waals surface area contributed by atoms with E-state index in [9.17, 15) is 14.7 Å².